The van der Waals surface area contributed by atoms with Crippen molar-refractivity contribution in [2.45, 2.75) is 361 Å². The molecular formula is C69H126O6. The minimum Gasteiger partial charge on any atom is -0.462 e. The second-order valence-corrected chi connectivity index (χ2v) is 22.4. The fourth-order valence-corrected chi connectivity index (χ4v) is 9.80. The fourth-order valence-electron chi connectivity index (χ4n) is 9.80. The molecule has 0 amide bonds. The average Bonchev–Trinajstić information content (AvgIpc) is 3.41. The van der Waals surface area contributed by atoms with Gasteiger partial charge in [0, 0.05) is 19.3 Å². The van der Waals surface area contributed by atoms with E-state index < -0.39 is 6.10 Å². The molecule has 0 fully saturated rings. The molecule has 0 aliphatic carbocycles. The van der Waals surface area contributed by atoms with Crippen molar-refractivity contribution in [3.05, 3.63) is 48.6 Å². The number of allylic oxidation sites excluding steroid dienone is 8. The molecule has 1 unspecified atom stereocenters. The summed E-state index contributed by atoms with van der Waals surface area (Å²) in [4.78, 5) is 38.4. The maximum Gasteiger partial charge on any atom is 0.306 e. The molecule has 0 aromatic heterocycles. The lowest BCUT2D eigenvalue weighted by Crippen LogP contribution is -2.30. The first-order valence-electron chi connectivity index (χ1n) is 33.1. The van der Waals surface area contributed by atoms with E-state index in [4.69, 9.17) is 14.2 Å². The molecule has 438 valence electrons. The molecule has 0 N–H and O–H groups in total. The molecule has 1 atom stereocenters. The monoisotopic (exact) mass is 1050 g/mol. The van der Waals surface area contributed by atoms with E-state index in [9.17, 15) is 14.4 Å². The van der Waals surface area contributed by atoms with Crippen LogP contribution in [0.15, 0.2) is 48.6 Å². The maximum absolute atomic E-state index is 12.9. The molecule has 0 spiro atoms. The van der Waals surface area contributed by atoms with Crippen LogP contribution in [0, 0.1) is 0 Å². The van der Waals surface area contributed by atoms with Crippen LogP contribution in [0.25, 0.3) is 0 Å². The molecule has 75 heavy (non-hydrogen) atoms. The van der Waals surface area contributed by atoms with E-state index in [0.29, 0.717) is 19.3 Å². The first-order valence-corrected chi connectivity index (χ1v) is 33.1. The van der Waals surface area contributed by atoms with Gasteiger partial charge in [0.25, 0.3) is 0 Å². The number of carbonyl (C=O) groups is 3. The largest absolute Gasteiger partial charge is 0.462 e. The summed E-state index contributed by atoms with van der Waals surface area (Å²) in [7, 11) is 0. The van der Waals surface area contributed by atoms with Gasteiger partial charge in [-0.2, -0.15) is 0 Å². The summed E-state index contributed by atoms with van der Waals surface area (Å²) in [6.45, 7) is 6.66. The van der Waals surface area contributed by atoms with E-state index in [-0.39, 0.29) is 31.1 Å². The molecule has 0 rings (SSSR count). The Morgan fingerprint density at radius 3 is 0.747 bits per heavy atom. The molecule has 0 radical (unpaired) electrons. The molecular weight excluding hydrogens is 925 g/mol. The number of rotatable bonds is 61. The maximum atomic E-state index is 12.9. The van der Waals surface area contributed by atoms with Gasteiger partial charge in [-0.15, -0.1) is 0 Å². The number of esters is 3. The third-order valence-corrected chi connectivity index (χ3v) is 14.8. The van der Waals surface area contributed by atoms with Crippen LogP contribution in [0.5, 0.6) is 0 Å². The fraction of sp³-hybridized carbons (Fsp3) is 0.841. The number of hydrogen-bond donors (Lipinski definition) is 0. The Hall–Kier alpha value is -2.63. The first-order chi connectivity index (χ1) is 37.0. The van der Waals surface area contributed by atoms with E-state index in [1.54, 1.807) is 0 Å². The summed E-state index contributed by atoms with van der Waals surface area (Å²) in [5, 5.41) is 0. The van der Waals surface area contributed by atoms with Crippen molar-refractivity contribution in [2.24, 2.45) is 0 Å². The topological polar surface area (TPSA) is 78.9 Å². The molecule has 0 bridgehead atoms. The lowest BCUT2D eigenvalue weighted by atomic mass is 10.0. The van der Waals surface area contributed by atoms with E-state index in [0.717, 1.165) is 83.5 Å². The van der Waals surface area contributed by atoms with Gasteiger partial charge in [-0.05, 0) is 83.5 Å². The molecule has 6 nitrogen and oxygen atoms in total. The van der Waals surface area contributed by atoms with E-state index in [1.165, 1.54) is 231 Å². The normalized spacial score (nSPS) is 12.3. The van der Waals surface area contributed by atoms with Crippen molar-refractivity contribution >= 4 is 17.9 Å². The van der Waals surface area contributed by atoms with Gasteiger partial charge < -0.3 is 14.2 Å². The molecule has 6 heteroatoms. The standard InChI is InChI=1S/C69H126O6/c1-4-7-10-13-16-19-22-25-28-31-33-35-37-38-41-44-47-50-53-56-59-62-68(71)74-65-66(64-73-67(70)61-58-55-52-49-46-43-40-30-27-24-21-18-15-12-9-6-3)75-69(72)63-60-57-54-51-48-45-42-39-36-34-32-29-26-23-20-17-14-11-8-5-2/h21-22,24-25,30-31,33,40,66H,4-20,23,26-29,32,34-39,41-65H2,1-3H3/b24-21-,25-22-,33-31-,40-30-. The van der Waals surface area contributed by atoms with Crippen LogP contribution in [-0.4, -0.2) is 37.2 Å². The summed E-state index contributed by atoms with van der Waals surface area (Å²) < 4.78 is 17.0. The quantitative estimate of drug-likeness (QED) is 0.0261. The average molecular weight is 1050 g/mol. The molecule has 0 aromatic carbocycles. The van der Waals surface area contributed by atoms with Gasteiger partial charge in [-0.1, -0.05) is 301 Å². The second kappa shape index (κ2) is 63.9. The highest BCUT2D eigenvalue weighted by molar-refractivity contribution is 5.71. The Balaban J connectivity index is 4.35. The van der Waals surface area contributed by atoms with Gasteiger partial charge in [-0.3, -0.25) is 14.4 Å². The smallest absolute Gasteiger partial charge is 0.306 e. The zero-order valence-electron chi connectivity index (χ0n) is 50.3. The summed E-state index contributed by atoms with van der Waals surface area (Å²) in [5.41, 5.74) is 0. The predicted octanol–water partition coefficient (Wildman–Crippen LogP) is 22.6. The van der Waals surface area contributed by atoms with Gasteiger partial charge in [0.15, 0.2) is 6.10 Å². The number of carbonyl (C=O) groups excluding carboxylic acids is 3. The van der Waals surface area contributed by atoms with Crippen LogP contribution in [0.1, 0.15) is 355 Å². The van der Waals surface area contributed by atoms with Crippen molar-refractivity contribution in [3.8, 4) is 0 Å². The van der Waals surface area contributed by atoms with Gasteiger partial charge in [0.2, 0.25) is 0 Å². The second-order valence-electron chi connectivity index (χ2n) is 22.4. The zero-order chi connectivity index (χ0) is 54.3. The van der Waals surface area contributed by atoms with Crippen molar-refractivity contribution in [2.75, 3.05) is 13.2 Å². The summed E-state index contributed by atoms with van der Waals surface area (Å²) in [5.74, 6) is -0.871. The van der Waals surface area contributed by atoms with Crippen LogP contribution in [0.3, 0.4) is 0 Å². The predicted molar refractivity (Wildman–Crippen MR) is 325 cm³/mol. The third-order valence-electron chi connectivity index (χ3n) is 14.8. The molecule has 0 aliphatic rings. The van der Waals surface area contributed by atoms with E-state index >= 15 is 0 Å². The zero-order valence-corrected chi connectivity index (χ0v) is 50.3. The van der Waals surface area contributed by atoms with Crippen molar-refractivity contribution in [3.63, 3.8) is 0 Å². The molecule has 0 saturated carbocycles. The SMILES string of the molecule is CCCCCC/C=C\C/C=C\CCCCCCCC(=O)OCC(COC(=O)CCCCCCCCCCC/C=C\C/C=C\CCCCCCC)OC(=O)CCCCCCCCCCCCCCCCCCCCCC. The Morgan fingerprint density at radius 2 is 0.480 bits per heavy atom. The van der Waals surface area contributed by atoms with Gasteiger partial charge >= 0.3 is 17.9 Å². The lowest BCUT2D eigenvalue weighted by molar-refractivity contribution is -0.167. The Kier molecular flexibility index (Phi) is 61.7. The van der Waals surface area contributed by atoms with Crippen LogP contribution >= 0.6 is 0 Å². The Labute approximate surface area is 467 Å². The van der Waals surface area contributed by atoms with Crippen molar-refractivity contribution in [1.29, 1.82) is 0 Å². The van der Waals surface area contributed by atoms with Crippen molar-refractivity contribution < 1.29 is 28.6 Å². The van der Waals surface area contributed by atoms with Crippen LogP contribution in [0.4, 0.5) is 0 Å². The highest BCUT2D eigenvalue weighted by Crippen LogP contribution is 2.17. The third kappa shape index (κ3) is 62.1. The molecule has 0 heterocycles. The summed E-state index contributed by atoms with van der Waals surface area (Å²) in [6, 6.07) is 0. The highest BCUT2D eigenvalue weighted by atomic mass is 16.6. The lowest BCUT2D eigenvalue weighted by Gasteiger charge is -2.18. The summed E-state index contributed by atoms with van der Waals surface area (Å²) >= 11 is 0. The van der Waals surface area contributed by atoms with Crippen LogP contribution in [0.2, 0.25) is 0 Å². The minimum absolute atomic E-state index is 0.0764. The van der Waals surface area contributed by atoms with Gasteiger partial charge in [-0.25, -0.2) is 0 Å². The highest BCUT2D eigenvalue weighted by Gasteiger charge is 2.19. The van der Waals surface area contributed by atoms with Gasteiger partial charge in [0.1, 0.15) is 13.2 Å². The first kappa shape index (κ1) is 72.4. The molecule has 0 saturated heterocycles. The number of hydrogen-bond acceptors (Lipinski definition) is 6. The van der Waals surface area contributed by atoms with E-state index in [1.807, 2.05) is 0 Å². The van der Waals surface area contributed by atoms with Crippen LogP contribution < -0.4 is 0 Å². The van der Waals surface area contributed by atoms with Crippen LogP contribution in [-0.2, 0) is 28.6 Å². The van der Waals surface area contributed by atoms with Crippen molar-refractivity contribution in [1.82, 2.24) is 0 Å². The molecule has 0 aliphatic heterocycles. The Morgan fingerprint density at radius 1 is 0.267 bits per heavy atom. The van der Waals surface area contributed by atoms with Gasteiger partial charge in [0.05, 0.1) is 0 Å². The van der Waals surface area contributed by atoms with E-state index in [2.05, 4.69) is 69.4 Å². The number of ether oxygens (including phenoxy) is 3. The Bertz CT molecular complexity index is 1300. The minimum atomic E-state index is -0.780. The summed E-state index contributed by atoms with van der Waals surface area (Å²) in [6.07, 6.45) is 79.7. The molecule has 0 aromatic rings. The number of unbranched alkanes of at least 4 members (excludes halogenated alkanes) is 42.